The molecule has 0 heterocycles. The zero-order valence-corrected chi connectivity index (χ0v) is 24.2. The molecule has 2 aromatic rings. The number of aliphatic hydroxyl groups excluding tert-OH is 1. The molecule has 0 radical (unpaired) electrons. The molecule has 0 saturated carbocycles. The number of amides is 2. The zero-order chi connectivity index (χ0) is 30.7. The van der Waals surface area contributed by atoms with E-state index in [-0.39, 0.29) is 26.1 Å². The van der Waals surface area contributed by atoms with E-state index in [1.807, 2.05) is 48.5 Å². The Kier molecular flexibility index (Phi) is 15.4. The Morgan fingerprint density at radius 2 is 1.50 bits per heavy atom. The summed E-state index contributed by atoms with van der Waals surface area (Å²) in [6, 6.07) is 16.8. The standard InChI is InChI=1S/C33H42N2O7/c1-4-6-18-28(19-25-14-9-7-10-15-25)32(39)42-23-29(33(40)41-22-26-16-11-8-12-17-26)35-31(38)27(13-5-2)20-30(37)34-24(3)21-36/h4-5,7-12,14-17,24,27-29,36H,1-2,6,13,18-23H2,3H3,(H,34,37)(H,35,38)/t24-,27+,28+,29+/m0/s1. The lowest BCUT2D eigenvalue weighted by molar-refractivity contribution is -0.157. The number of ether oxygens (including phenoxy) is 2. The Morgan fingerprint density at radius 1 is 0.857 bits per heavy atom. The minimum Gasteiger partial charge on any atom is -0.463 e. The zero-order valence-electron chi connectivity index (χ0n) is 24.2. The third-order valence-corrected chi connectivity index (χ3v) is 6.53. The van der Waals surface area contributed by atoms with Gasteiger partial charge in [-0.15, -0.1) is 13.2 Å². The summed E-state index contributed by atoms with van der Waals surface area (Å²) in [5.41, 5.74) is 1.72. The molecule has 2 amide bonds. The first-order valence-corrected chi connectivity index (χ1v) is 14.1. The fourth-order valence-electron chi connectivity index (χ4n) is 4.18. The van der Waals surface area contributed by atoms with Crippen LogP contribution in [0.2, 0.25) is 0 Å². The molecule has 3 N–H and O–H groups in total. The van der Waals surface area contributed by atoms with Gasteiger partial charge in [-0.2, -0.15) is 0 Å². The monoisotopic (exact) mass is 578 g/mol. The van der Waals surface area contributed by atoms with E-state index in [1.54, 1.807) is 25.1 Å². The maximum absolute atomic E-state index is 13.2. The molecule has 0 bridgehead atoms. The highest BCUT2D eigenvalue weighted by molar-refractivity contribution is 5.89. The van der Waals surface area contributed by atoms with Gasteiger partial charge in [-0.1, -0.05) is 72.8 Å². The lowest BCUT2D eigenvalue weighted by Gasteiger charge is -2.23. The molecule has 0 saturated heterocycles. The van der Waals surface area contributed by atoms with E-state index in [1.165, 1.54) is 6.08 Å². The van der Waals surface area contributed by atoms with Gasteiger partial charge < -0.3 is 25.2 Å². The highest BCUT2D eigenvalue weighted by Gasteiger charge is 2.30. The number of carbonyl (C=O) groups is 4. The maximum Gasteiger partial charge on any atom is 0.332 e. The molecule has 0 aromatic heterocycles. The number of rotatable bonds is 19. The number of allylic oxidation sites excluding steroid dienone is 2. The molecule has 2 rings (SSSR count). The van der Waals surface area contributed by atoms with E-state index in [0.29, 0.717) is 19.3 Å². The van der Waals surface area contributed by atoms with E-state index in [2.05, 4.69) is 23.8 Å². The van der Waals surface area contributed by atoms with Crippen LogP contribution < -0.4 is 10.6 Å². The van der Waals surface area contributed by atoms with E-state index in [9.17, 15) is 24.3 Å². The Morgan fingerprint density at radius 3 is 2.10 bits per heavy atom. The number of carbonyl (C=O) groups excluding carboxylic acids is 4. The van der Waals surface area contributed by atoms with Gasteiger partial charge >= 0.3 is 11.9 Å². The van der Waals surface area contributed by atoms with E-state index in [4.69, 9.17) is 9.47 Å². The summed E-state index contributed by atoms with van der Waals surface area (Å²) in [5, 5.41) is 14.4. The van der Waals surface area contributed by atoms with Crippen LogP contribution in [0.25, 0.3) is 0 Å². The van der Waals surface area contributed by atoms with Gasteiger partial charge in [-0.05, 0) is 43.7 Å². The number of esters is 2. The molecule has 0 spiro atoms. The summed E-state index contributed by atoms with van der Waals surface area (Å²) >= 11 is 0. The van der Waals surface area contributed by atoms with Crippen molar-refractivity contribution in [3.63, 3.8) is 0 Å². The van der Waals surface area contributed by atoms with Crippen LogP contribution >= 0.6 is 0 Å². The molecule has 42 heavy (non-hydrogen) atoms. The highest BCUT2D eigenvalue weighted by atomic mass is 16.6. The second kappa shape index (κ2) is 19.0. The lowest BCUT2D eigenvalue weighted by Crippen LogP contribution is -2.48. The van der Waals surface area contributed by atoms with Gasteiger partial charge in [0, 0.05) is 12.5 Å². The van der Waals surface area contributed by atoms with E-state index < -0.39 is 54.3 Å². The first kappa shape index (κ1) is 34.0. The van der Waals surface area contributed by atoms with Crippen molar-refractivity contribution in [3.8, 4) is 0 Å². The molecule has 0 aliphatic rings. The van der Waals surface area contributed by atoms with Gasteiger partial charge in [0.1, 0.15) is 13.2 Å². The van der Waals surface area contributed by atoms with Crippen LogP contribution in [0, 0.1) is 11.8 Å². The van der Waals surface area contributed by atoms with Crippen LogP contribution in [-0.4, -0.2) is 54.2 Å². The van der Waals surface area contributed by atoms with Gasteiger partial charge in [0.25, 0.3) is 0 Å². The van der Waals surface area contributed by atoms with Crippen molar-refractivity contribution in [2.45, 2.75) is 57.7 Å². The minimum atomic E-state index is -1.30. The molecule has 9 nitrogen and oxygen atoms in total. The van der Waals surface area contributed by atoms with E-state index >= 15 is 0 Å². The van der Waals surface area contributed by atoms with Crippen LogP contribution in [0.1, 0.15) is 43.7 Å². The predicted molar refractivity (Wildman–Crippen MR) is 160 cm³/mol. The van der Waals surface area contributed by atoms with Crippen molar-refractivity contribution in [3.05, 3.63) is 97.1 Å². The van der Waals surface area contributed by atoms with Crippen molar-refractivity contribution in [2.75, 3.05) is 13.2 Å². The number of hydrogen-bond donors (Lipinski definition) is 3. The summed E-state index contributed by atoms with van der Waals surface area (Å²) in [6.45, 7) is 8.31. The van der Waals surface area contributed by atoms with Gasteiger partial charge in [-0.25, -0.2) is 4.79 Å². The van der Waals surface area contributed by atoms with Gasteiger partial charge in [0.15, 0.2) is 6.04 Å². The Balaban J connectivity index is 2.15. The summed E-state index contributed by atoms with van der Waals surface area (Å²) in [6.07, 6.45) is 4.77. The summed E-state index contributed by atoms with van der Waals surface area (Å²) < 4.78 is 11.0. The van der Waals surface area contributed by atoms with Crippen molar-refractivity contribution in [1.82, 2.24) is 10.6 Å². The average molecular weight is 579 g/mol. The highest BCUT2D eigenvalue weighted by Crippen LogP contribution is 2.17. The topological polar surface area (TPSA) is 131 Å². The Hall–Kier alpha value is -4.24. The SMILES string of the molecule is C=CCC[C@H](Cc1ccccc1)C(=O)OC[C@@H](NC(=O)[C@H](CC=C)CC(=O)N[C@@H](C)CO)C(=O)OCc1ccccc1. The predicted octanol–water partition coefficient (Wildman–Crippen LogP) is 3.66. The van der Waals surface area contributed by atoms with Crippen LogP contribution in [0.4, 0.5) is 0 Å². The van der Waals surface area contributed by atoms with Gasteiger partial charge in [0.05, 0.1) is 18.4 Å². The number of hydrogen-bond acceptors (Lipinski definition) is 7. The lowest BCUT2D eigenvalue weighted by atomic mass is 9.95. The maximum atomic E-state index is 13.2. The fraction of sp³-hybridized carbons (Fsp3) is 0.394. The largest absolute Gasteiger partial charge is 0.463 e. The normalized spacial score (nSPS) is 13.5. The van der Waals surface area contributed by atoms with E-state index in [0.717, 1.165) is 11.1 Å². The molecule has 4 atom stereocenters. The van der Waals surface area contributed by atoms with Gasteiger partial charge in [0.2, 0.25) is 11.8 Å². The molecular weight excluding hydrogens is 536 g/mol. The van der Waals surface area contributed by atoms with Crippen molar-refractivity contribution in [1.29, 1.82) is 0 Å². The summed E-state index contributed by atoms with van der Waals surface area (Å²) in [7, 11) is 0. The third-order valence-electron chi connectivity index (χ3n) is 6.53. The first-order valence-electron chi connectivity index (χ1n) is 14.1. The summed E-state index contributed by atoms with van der Waals surface area (Å²) in [4.78, 5) is 51.9. The summed E-state index contributed by atoms with van der Waals surface area (Å²) in [5.74, 6) is -3.62. The van der Waals surface area contributed by atoms with Crippen LogP contribution in [0.15, 0.2) is 86.0 Å². The molecule has 0 aliphatic heterocycles. The second-order valence-electron chi connectivity index (χ2n) is 10.1. The van der Waals surface area contributed by atoms with Crippen molar-refractivity contribution in [2.24, 2.45) is 11.8 Å². The molecule has 226 valence electrons. The van der Waals surface area contributed by atoms with Crippen molar-refractivity contribution < 1.29 is 33.8 Å². The average Bonchev–Trinajstić information content (AvgIpc) is 3.00. The minimum absolute atomic E-state index is 0.0342. The second-order valence-corrected chi connectivity index (χ2v) is 10.1. The smallest absolute Gasteiger partial charge is 0.332 e. The molecule has 0 fully saturated rings. The molecule has 0 aliphatic carbocycles. The fourth-order valence-corrected chi connectivity index (χ4v) is 4.18. The Bertz CT molecular complexity index is 1150. The quantitative estimate of drug-likeness (QED) is 0.171. The van der Waals surface area contributed by atoms with Crippen LogP contribution in [-0.2, 0) is 41.7 Å². The first-order chi connectivity index (χ1) is 20.3. The van der Waals surface area contributed by atoms with Crippen LogP contribution in [0.3, 0.4) is 0 Å². The number of benzene rings is 2. The number of aliphatic hydroxyl groups is 1. The molecule has 9 heteroatoms. The third kappa shape index (κ3) is 12.5. The Labute approximate surface area is 248 Å². The molecule has 0 unspecified atom stereocenters. The van der Waals surface area contributed by atoms with Crippen molar-refractivity contribution >= 4 is 23.8 Å². The number of nitrogens with one attached hydrogen (secondary N) is 2. The van der Waals surface area contributed by atoms with Crippen LogP contribution in [0.5, 0.6) is 0 Å². The molecule has 2 aromatic carbocycles. The van der Waals surface area contributed by atoms with Gasteiger partial charge in [-0.3, -0.25) is 14.4 Å². The molecular formula is C33H42N2O7.